The third-order valence-corrected chi connectivity index (χ3v) is 4.36. The molecule has 7 nitrogen and oxygen atoms in total. The average Bonchev–Trinajstić information content (AvgIpc) is 2.65. The first-order valence-corrected chi connectivity index (χ1v) is 8.69. The Balaban J connectivity index is 1.69. The number of aromatic nitrogens is 2. The maximum absolute atomic E-state index is 12.7. The fourth-order valence-electron chi connectivity index (χ4n) is 2.97. The normalized spacial score (nSPS) is 14.2. The van der Waals surface area contributed by atoms with Crippen molar-refractivity contribution in [1.82, 2.24) is 19.8 Å². The summed E-state index contributed by atoms with van der Waals surface area (Å²) in [6.45, 7) is 6.61. The molecule has 0 atom stereocenters. The Morgan fingerprint density at radius 2 is 1.92 bits per heavy atom. The first-order chi connectivity index (χ1) is 12.5. The van der Waals surface area contributed by atoms with Gasteiger partial charge in [0.05, 0.1) is 0 Å². The minimum Gasteiger partial charge on any atom is -0.366 e. The van der Waals surface area contributed by atoms with Gasteiger partial charge in [-0.25, -0.2) is 9.97 Å². The topological polar surface area (TPSA) is 78.4 Å². The van der Waals surface area contributed by atoms with Crippen LogP contribution in [0, 0.1) is 13.8 Å². The van der Waals surface area contributed by atoms with E-state index < -0.39 is 0 Å². The molecule has 1 saturated heterocycles. The summed E-state index contributed by atoms with van der Waals surface area (Å²) in [6.07, 6.45) is 0.823. The molecule has 1 aliphatic heterocycles. The Bertz CT molecular complexity index is 800. The fourth-order valence-corrected chi connectivity index (χ4v) is 2.97. The molecule has 2 aromatic rings. The lowest BCUT2D eigenvalue weighted by atomic mass is 10.1. The van der Waals surface area contributed by atoms with Gasteiger partial charge < -0.3 is 15.1 Å². The lowest BCUT2D eigenvalue weighted by Gasteiger charge is -2.32. The largest absolute Gasteiger partial charge is 0.366 e. The van der Waals surface area contributed by atoms with Gasteiger partial charge in [-0.2, -0.15) is 0 Å². The Morgan fingerprint density at radius 3 is 2.62 bits per heavy atom. The van der Waals surface area contributed by atoms with Crippen LogP contribution in [0.1, 0.15) is 27.4 Å². The van der Waals surface area contributed by atoms with Gasteiger partial charge in [-0.05, 0) is 19.4 Å². The SMILES string of the molecule is Cc1cccc(CNc2cc(C(=O)N3CCN(C=O)CC3)nc(C)n2)c1. The number of piperazine rings is 1. The van der Waals surface area contributed by atoms with Crippen molar-refractivity contribution in [1.29, 1.82) is 0 Å². The number of nitrogens with zero attached hydrogens (tertiary/aromatic N) is 4. The van der Waals surface area contributed by atoms with Crippen LogP contribution in [0.5, 0.6) is 0 Å². The molecule has 0 radical (unpaired) electrons. The number of nitrogens with one attached hydrogen (secondary N) is 1. The Labute approximate surface area is 153 Å². The molecular formula is C19H23N5O2. The smallest absolute Gasteiger partial charge is 0.272 e. The number of anilines is 1. The molecule has 26 heavy (non-hydrogen) atoms. The van der Waals surface area contributed by atoms with Crippen LogP contribution in [-0.4, -0.2) is 58.3 Å². The first kappa shape index (κ1) is 17.8. The van der Waals surface area contributed by atoms with Gasteiger partial charge in [0, 0.05) is 38.8 Å². The molecule has 1 N–H and O–H groups in total. The van der Waals surface area contributed by atoms with Gasteiger partial charge in [0.15, 0.2) is 0 Å². The summed E-state index contributed by atoms with van der Waals surface area (Å²) in [5.41, 5.74) is 2.73. The van der Waals surface area contributed by atoms with Gasteiger partial charge >= 0.3 is 0 Å². The molecule has 0 aliphatic carbocycles. The number of hydrogen-bond donors (Lipinski definition) is 1. The third kappa shape index (κ3) is 4.36. The summed E-state index contributed by atoms with van der Waals surface area (Å²) in [6, 6.07) is 9.93. The third-order valence-electron chi connectivity index (χ3n) is 4.36. The van der Waals surface area contributed by atoms with Crippen molar-refractivity contribution in [3.05, 3.63) is 53.0 Å². The minimum atomic E-state index is -0.125. The lowest BCUT2D eigenvalue weighted by Crippen LogP contribution is -2.48. The number of rotatable bonds is 5. The molecule has 0 saturated carbocycles. The Hall–Kier alpha value is -2.96. The highest BCUT2D eigenvalue weighted by Gasteiger charge is 2.23. The Kier molecular flexibility index (Phi) is 5.46. The van der Waals surface area contributed by atoms with Crippen LogP contribution in [0.2, 0.25) is 0 Å². The quantitative estimate of drug-likeness (QED) is 0.827. The van der Waals surface area contributed by atoms with Crippen molar-refractivity contribution in [2.24, 2.45) is 0 Å². The number of hydrogen-bond acceptors (Lipinski definition) is 5. The maximum atomic E-state index is 12.7. The van der Waals surface area contributed by atoms with Gasteiger partial charge in [0.1, 0.15) is 17.3 Å². The zero-order chi connectivity index (χ0) is 18.5. The summed E-state index contributed by atoms with van der Waals surface area (Å²) in [5.74, 6) is 1.06. The van der Waals surface area contributed by atoms with E-state index in [9.17, 15) is 9.59 Å². The molecule has 7 heteroatoms. The number of benzene rings is 1. The van der Waals surface area contributed by atoms with Crippen molar-refractivity contribution < 1.29 is 9.59 Å². The van der Waals surface area contributed by atoms with Gasteiger partial charge in [0.2, 0.25) is 6.41 Å². The average molecular weight is 353 g/mol. The molecule has 2 amide bonds. The minimum absolute atomic E-state index is 0.125. The van der Waals surface area contributed by atoms with Crippen molar-refractivity contribution in [2.75, 3.05) is 31.5 Å². The van der Waals surface area contributed by atoms with Crippen molar-refractivity contribution in [2.45, 2.75) is 20.4 Å². The van der Waals surface area contributed by atoms with Crippen molar-refractivity contribution in [3.63, 3.8) is 0 Å². The van der Waals surface area contributed by atoms with E-state index in [0.29, 0.717) is 50.1 Å². The van der Waals surface area contributed by atoms with Crippen LogP contribution in [-0.2, 0) is 11.3 Å². The molecule has 0 bridgehead atoms. The van der Waals surface area contributed by atoms with E-state index in [2.05, 4.69) is 34.3 Å². The fraction of sp³-hybridized carbons (Fsp3) is 0.368. The van der Waals surface area contributed by atoms with E-state index in [0.717, 1.165) is 12.0 Å². The van der Waals surface area contributed by atoms with Crippen LogP contribution in [0.4, 0.5) is 5.82 Å². The highest BCUT2D eigenvalue weighted by Crippen LogP contribution is 2.13. The summed E-state index contributed by atoms with van der Waals surface area (Å²) >= 11 is 0. The second-order valence-electron chi connectivity index (χ2n) is 6.46. The summed E-state index contributed by atoms with van der Waals surface area (Å²) in [4.78, 5) is 35.6. The summed E-state index contributed by atoms with van der Waals surface area (Å²) in [5, 5.41) is 3.27. The van der Waals surface area contributed by atoms with Crippen LogP contribution >= 0.6 is 0 Å². The standard InChI is InChI=1S/C19H23N5O2/c1-14-4-3-5-16(10-14)12-20-18-11-17(21-15(2)22-18)19(26)24-8-6-23(13-25)7-9-24/h3-5,10-11,13H,6-9,12H2,1-2H3,(H,20,21,22). The van der Waals surface area contributed by atoms with Crippen LogP contribution in [0.25, 0.3) is 0 Å². The predicted molar refractivity (Wildman–Crippen MR) is 98.8 cm³/mol. The van der Waals surface area contributed by atoms with Gasteiger partial charge in [-0.1, -0.05) is 29.8 Å². The van der Waals surface area contributed by atoms with Gasteiger partial charge in [-0.15, -0.1) is 0 Å². The van der Waals surface area contributed by atoms with Crippen molar-refractivity contribution >= 4 is 18.1 Å². The molecule has 136 valence electrons. The van der Waals surface area contributed by atoms with E-state index in [1.54, 1.807) is 22.8 Å². The summed E-state index contributed by atoms with van der Waals surface area (Å²) < 4.78 is 0. The van der Waals surface area contributed by atoms with Crippen molar-refractivity contribution in [3.8, 4) is 0 Å². The van der Waals surface area contributed by atoms with E-state index in [1.807, 2.05) is 12.1 Å². The van der Waals surface area contributed by atoms with E-state index in [4.69, 9.17) is 0 Å². The molecule has 1 fully saturated rings. The van der Waals surface area contributed by atoms with Crippen LogP contribution in [0.15, 0.2) is 30.3 Å². The molecule has 2 heterocycles. The zero-order valence-corrected chi connectivity index (χ0v) is 15.1. The first-order valence-electron chi connectivity index (χ1n) is 8.69. The molecule has 3 rings (SSSR count). The molecule has 0 spiro atoms. The monoisotopic (exact) mass is 353 g/mol. The molecule has 1 aromatic carbocycles. The second-order valence-corrected chi connectivity index (χ2v) is 6.46. The predicted octanol–water partition coefficient (Wildman–Crippen LogP) is 1.62. The Morgan fingerprint density at radius 1 is 1.15 bits per heavy atom. The van der Waals surface area contributed by atoms with E-state index in [1.165, 1.54) is 5.56 Å². The van der Waals surface area contributed by atoms with E-state index >= 15 is 0 Å². The lowest BCUT2D eigenvalue weighted by molar-refractivity contribution is -0.119. The number of carbonyl (C=O) groups excluding carboxylic acids is 2. The molecule has 0 unspecified atom stereocenters. The maximum Gasteiger partial charge on any atom is 0.272 e. The highest BCUT2D eigenvalue weighted by atomic mass is 16.2. The molecular weight excluding hydrogens is 330 g/mol. The number of carbonyl (C=O) groups is 2. The summed E-state index contributed by atoms with van der Waals surface area (Å²) in [7, 11) is 0. The van der Waals surface area contributed by atoms with Crippen LogP contribution in [0.3, 0.4) is 0 Å². The molecule has 1 aromatic heterocycles. The highest BCUT2D eigenvalue weighted by molar-refractivity contribution is 5.93. The van der Waals surface area contributed by atoms with Gasteiger partial charge in [-0.3, -0.25) is 9.59 Å². The number of amides is 2. The van der Waals surface area contributed by atoms with Crippen LogP contribution < -0.4 is 5.32 Å². The zero-order valence-electron chi connectivity index (χ0n) is 15.1. The number of aryl methyl sites for hydroxylation is 2. The van der Waals surface area contributed by atoms with E-state index in [-0.39, 0.29) is 5.91 Å². The second kappa shape index (κ2) is 7.95. The van der Waals surface area contributed by atoms with Gasteiger partial charge in [0.25, 0.3) is 5.91 Å². The molecule has 1 aliphatic rings.